The molecule has 1 aliphatic rings. The van der Waals surface area contributed by atoms with Crippen LogP contribution in [0.3, 0.4) is 0 Å². The maximum Gasteiger partial charge on any atom is 0.321 e. The van der Waals surface area contributed by atoms with Gasteiger partial charge in [0.2, 0.25) is 0 Å². The van der Waals surface area contributed by atoms with E-state index < -0.39 is 10.0 Å². The van der Waals surface area contributed by atoms with Crippen molar-refractivity contribution in [1.82, 2.24) is 4.90 Å². The van der Waals surface area contributed by atoms with Gasteiger partial charge in [-0.2, -0.15) is 0 Å². The van der Waals surface area contributed by atoms with Crippen LogP contribution in [0.25, 0.3) is 0 Å². The van der Waals surface area contributed by atoms with Gasteiger partial charge in [-0.15, -0.1) is 0 Å². The van der Waals surface area contributed by atoms with Crippen LogP contribution in [0.5, 0.6) is 0 Å². The Labute approximate surface area is 155 Å². The lowest BCUT2D eigenvalue weighted by Gasteiger charge is -2.18. The van der Waals surface area contributed by atoms with Crippen LogP contribution in [0, 0.1) is 0 Å². The van der Waals surface area contributed by atoms with Crippen molar-refractivity contribution in [2.45, 2.75) is 17.7 Å². The SMILES string of the molecule is O=C(Nc1ccccc1NS(=O)(=O)c1ccccc1Br)N1CCCC1. The molecule has 25 heavy (non-hydrogen) atoms. The Kier molecular flexibility index (Phi) is 5.29. The number of hydrogen-bond acceptors (Lipinski definition) is 3. The second-order valence-electron chi connectivity index (χ2n) is 5.71. The van der Waals surface area contributed by atoms with Gasteiger partial charge in [-0.3, -0.25) is 4.72 Å². The fourth-order valence-corrected chi connectivity index (χ4v) is 4.74. The molecule has 3 rings (SSSR count). The van der Waals surface area contributed by atoms with Gasteiger partial charge in [0.05, 0.1) is 11.4 Å². The van der Waals surface area contributed by atoms with Gasteiger partial charge in [-0.05, 0) is 53.0 Å². The van der Waals surface area contributed by atoms with Crippen LogP contribution in [0.1, 0.15) is 12.8 Å². The van der Waals surface area contributed by atoms with E-state index in [1.165, 1.54) is 6.07 Å². The van der Waals surface area contributed by atoms with Gasteiger partial charge >= 0.3 is 6.03 Å². The fraction of sp³-hybridized carbons (Fsp3) is 0.235. The van der Waals surface area contributed by atoms with Gasteiger partial charge in [0.25, 0.3) is 10.0 Å². The number of likely N-dealkylation sites (tertiary alicyclic amines) is 1. The van der Waals surface area contributed by atoms with Crippen LogP contribution in [0.2, 0.25) is 0 Å². The van der Waals surface area contributed by atoms with Crippen LogP contribution in [0.15, 0.2) is 57.9 Å². The molecule has 0 radical (unpaired) electrons. The molecule has 0 bridgehead atoms. The third-order valence-electron chi connectivity index (χ3n) is 3.93. The van der Waals surface area contributed by atoms with E-state index in [1.807, 2.05) is 0 Å². The van der Waals surface area contributed by atoms with Crippen molar-refractivity contribution in [2.24, 2.45) is 0 Å². The number of para-hydroxylation sites is 2. The summed E-state index contributed by atoms with van der Waals surface area (Å²) in [5.41, 5.74) is 0.751. The molecule has 132 valence electrons. The predicted octanol–water partition coefficient (Wildman–Crippen LogP) is 3.88. The molecular weight excluding hydrogens is 406 g/mol. The molecule has 8 heteroatoms. The number of benzene rings is 2. The molecule has 1 aliphatic heterocycles. The number of anilines is 2. The van der Waals surface area contributed by atoms with Crippen LogP contribution in [0.4, 0.5) is 16.2 Å². The Hall–Kier alpha value is -2.06. The first-order valence-electron chi connectivity index (χ1n) is 7.90. The number of urea groups is 1. The fourth-order valence-electron chi connectivity index (χ4n) is 2.66. The smallest absolute Gasteiger partial charge is 0.321 e. The monoisotopic (exact) mass is 423 g/mol. The van der Waals surface area contributed by atoms with Gasteiger partial charge in [0.15, 0.2) is 0 Å². The molecule has 0 atom stereocenters. The minimum atomic E-state index is -3.78. The largest absolute Gasteiger partial charge is 0.325 e. The van der Waals surface area contributed by atoms with Crippen molar-refractivity contribution in [3.8, 4) is 0 Å². The van der Waals surface area contributed by atoms with E-state index in [2.05, 4.69) is 26.0 Å². The normalized spacial score (nSPS) is 14.4. The van der Waals surface area contributed by atoms with Crippen molar-refractivity contribution in [1.29, 1.82) is 0 Å². The third-order valence-corrected chi connectivity index (χ3v) is 6.31. The Morgan fingerprint density at radius 1 is 0.960 bits per heavy atom. The number of carbonyl (C=O) groups is 1. The molecule has 0 aliphatic carbocycles. The van der Waals surface area contributed by atoms with Gasteiger partial charge < -0.3 is 10.2 Å². The zero-order valence-corrected chi connectivity index (χ0v) is 15.8. The van der Waals surface area contributed by atoms with Crippen LogP contribution >= 0.6 is 15.9 Å². The van der Waals surface area contributed by atoms with E-state index in [4.69, 9.17) is 0 Å². The Morgan fingerprint density at radius 3 is 2.24 bits per heavy atom. The van der Waals surface area contributed by atoms with E-state index in [0.29, 0.717) is 15.8 Å². The molecule has 2 amide bonds. The van der Waals surface area contributed by atoms with E-state index in [0.717, 1.165) is 25.9 Å². The molecule has 6 nitrogen and oxygen atoms in total. The lowest BCUT2D eigenvalue weighted by molar-refractivity contribution is 0.222. The summed E-state index contributed by atoms with van der Waals surface area (Å²) in [4.78, 5) is 14.1. The second-order valence-corrected chi connectivity index (χ2v) is 8.21. The van der Waals surface area contributed by atoms with Crippen molar-refractivity contribution >= 4 is 43.4 Å². The van der Waals surface area contributed by atoms with E-state index in [-0.39, 0.29) is 10.9 Å². The molecule has 1 heterocycles. The Bertz CT molecular complexity index is 880. The summed E-state index contributed by atoms with van der Waals surface area (Å²) in [5.74, 6) is 0. The lowest BCUT2D eigenvalue weighted by Crippen LogP contribution is -2.32. The van der Waals surface area contributed by atoms with Gasteiger partial charge in [-0.1, -0.05) is 24.3 Å². The molecule has 0 unspecified atom stereocenters. The number of nitrogens with zero attached hydrogens (tertiary/aromatic N) is 1. The lowest BCUT2D eigenvalue weighted by atomic mass is 10.3. The van der Waals surface area contributed by atoms with Crippen molar-refractivity contribution in [2.75, 3.05) is 23.1 Å². The molecule has 0 aromatic heterocycles. The molecular formula is C17H18BrN3O3S. The summed E-state index contributed by atoms with van der Waals surface area (Å²) in [6.07, 6.45) is 1.98. The highest BCUT2D eigenvalue weighted by molar-refractivity contribution is 9.10. The predicted molar refractivity (Wildman–Crippen MR) is 101 cm³/mol. The summed E-state index contributed by atoms with van der Waals surface area (Å²) in [6, 6.07) is 13.1. The first kappa shape index (κ1) is 17.8. The first-order chi connectivity index (χ1) is 12.0. The zero-order chi connectivity index (χ0) is 17.9. The van der Waals surface area contributed by atoms with E-state index >= 15 is 0 Å². The Morgan fingerprint density at radius 2 is 1.56 bits per heavy atom. The van der Waals surface area contributed by atoms with Crippen LogP contribution < -0.4 is 10.0 Å². The maximum absolute atomic E-state index is 12.7. The number of amides is 2. The summed E-state index contributed by atoms with van der Waals surface area (Å²) in [6.45, 7) is 1.44. The standard InChI is InChI=1S/C17H18BrN3O3S/c18-13-7-1-4-10-16(13)25(23,24)20-15-9-3-2-8-14(15)19-17(22)21-11-5-6-12-21/h1-4,7-10,20H,5-6,11-12H2,(H,19,22). The van der Waals surface area contributed by atoms with E-state index in [1.54, 1.807) is 47.4 Å². The van der Waals surface area contributed by atoms with Crippen molar-refractivity contribution < 1.29 is 13.2 Å². The Balaban J connectivity index is 1.83. The molecule has 0 spiro atoms. The van der Waals surface area contributed by atoms with Gasteiger partial charge in [0, 0.05) is 17.6 Å². The summed E-state index contributed by atoms with van der Waals surface area (Å²) >= 11 is 3.25. The van der Waals surface area contributed by atoms with Crippen LogP contribution in [-0.2, 0) is 10.0 Å². The molecule has 1 saturated heterocycles. The number of nitrogens with one attached hydrogen (secondary N) is 2. The van der Waals surface area contributed by atoms with Gasteiger partial charge in [-0.25, -0.2) is 13.2 Å². The molecule has 2 aromatic rings. The van der Waals surface area contributed by atoms with Crippen LogP contribution in [-0.4, -0.2) is 32.4 Å². The van der Waals surface area contributed by atoms with E-state index in [9.17, 15) is 13.2 Å². The second kappa shape index (κ2) is 7.45. The first-order valence-corrected chi connectivity index (χ1v) is 10.2. The number of hydrogen-bond donors (Lipinski definition) is 2. The topological polar surface area (TPSA) is 78.5 Å². The molecule has 2 aromatic carbocycles. The average molecular weight is 424 g/mol. The highest BCUT2D eigenvalue weighted by atomic mass is 79.9. The number of carbonyl (C=O) groups excluding carboxylic acids is 1. The molecule has 1 fully saturated rings. The number of halogens is 1. The summed E-state index contributed by atoms with van der Waals surface area (Å²) < 4.78 is 28.3. The van der Waals surface area contributed by atoms with Gasteiger partial charge in [0.1, 0.15) is 4.90 Å². The number of rotatable bonds is 4. The highest BCUT2D eigenvalue weighted by Gasteiger charge is 2.21. The minimum Gasteiger partial charge on any atom is -0.325 e. The minimum absolute atomic E-state index is 0.135. The average Bonchev–Trinajstić information content (AvgIpc) is 3.11. The van der Waals surface area contributed by atoms with Crippen molar-refractivity contribution in [3.05, 3.63) is 53.0 Å². The maximum atomic E-state index is 12.7. The number of sulfonamides is 1. The highest BCUT2D eigenvalue weighted by Crippen LogP contribution is 2.28. The molecule has 2 N–H and O–H groups in total. The summed E-state index contributed by atoms with van der Waals surface area (Å²) in [5, 5.41) is 2.79. The zero-order valence-electron chi connectivity index (χ0n) is 13.4. The third kappa shape index (κ3) is 4.13. The quantitative estimate of drug-likeness (QED) is 0.782. The summed E-state index contributed by atoms with van der Waals surface area (Å²) in [7, 11) is -3.78. The molecule has 0 saturated carbocycles. The van der Waals surface area contributed by atoms with Crippen molar-refractivity contribution in [3.63, 3.8) is 0 Å².